The molecule has 0 fully saturated rings. The van der Waals surface area contributed by atoms with E-state index in [1.165, 1.54) is 11.1 Å². The van der Waals surface area contributed by atoms with Gasteiger partial charge in [-0.1, -0.05) is 24.3 Å². The van der Waals surface area contributed by atoms with Crippen molar-refractivity contribution in [1.29, 1.82) is 0 Å². The molecule has 7 nitrogen and oxygen atoms in total. The van der Waals surface area contributed by atoms with Crippen LogP contribution in [0.3, 0.4) is 0 Å². The highest BCUT2D eigenvalue weighted by Crippen LogP contribution is 2.34. The summed E-state index contributed by atoms with van der Waals surface area (Å²) in [6.07, 6.45) is 3.14. The zero-order valence-corrected chi connectivity index (χ0v) is 17.6. The maximum absolute atomic E-state index is 12.9. The minimum atomic E-state index is -0.616. The SMILES string of the molecule is CSCCC(NC(=O)C1Cc2ccccc2CN1)C(=O)Nc1ccc2c(c1)OCO2. The summed E-state index contributed by atoms with van der Waals surface area (Å²) in [5, 5.41) is 9.10. The Hall–Kier alpha value is -2.71. The lowest BCUT2D eigenvalue weighted by molar-refractivity contribution is -0.128. The average molecular weight is 428 g/mol. The van der Waals surface area contributed by atoms with Gasteiger partial charge in [0.1, 0.15) is 6.04 Å². The van der Waals surface area contributed by atoms with Crippen LogP contribution in [0.25, 0.3) is 0 Å². The number of hydrogen-bond donors (Lipinski definition) is 3. The van der Waals surface area contributed by atoms with Gasteiger partial charge in [-0.25, -0.2) is 0 Å². The van der Waals surface area contributed by atoms with Crippen LogP contribution in [-0.4, -0.2) is 42.7 Å². The monoisotopic (exact) mass is 427 g/mol. The molecule has 2 unspecified atom stereocenters. The number of nitrogens with one attached hydrogen (secondary N) is 3. The second kappa shape index (κ2) is 9.40. The van der Waals surface area contributed by atoms with Gasteiger partial charge in [0.25, 0.3) is 0 Å². The lowest BCUT2D eigenvalue weighted by Gasteiger charge is -2.27. The molecule has 30 heavy (non-hydrogen) atoms. The zero-order chi connectivity index (χ0) is 20.9. The fraction of sp³-hybridized carbons (Fsp3) is 0.364. The van der Waals surface area contributed by atoms with Gasteiger partial charge in [0.15, 0.2) is 11.5 Å². The summed E-state index contributed by atoms with van der Waals surface area (Å²) >= 11 is 1.64. The van der Waals surface area contributed by atoms with E-state index in [-0.39, 0.29) is 24.6 Å². The molecule has 3 N–H and O–H groups in total. The van der Waals surface area contributed by atoms with Crippen molar-refractivity contribution in [3.8, 4) is 11.5 Å². The summed E-state index contributed by atoms with van der Waals surface area (Å²) in [6, 6.07) is 12.4. The Morgan fingerprint density at radius 2 is 1.97 bits per heavy atom. The number of ether oxygens (including phenoxy) is 2. The van der Waals surface area contributed by atoms with E-state index >= 15 is 0 Å². The largest absolute Gasteiger partial charge is 0.454 e. The van der Waals surface area contributed by atoms with Crippen molar-refractivity contribution in [1.82, 2.24) is 10.6 Å². The Morgan fingerprint density at radius 3 is 2.80 bits per heavy atom. The van der Waals surface area contributed by atoms with E-state index < -0.39 is 6.04 Å². The highest BCUT2D eigenvalue weighted by atomic mass is 32.2. The molecular formula is C22H25N3O4S. The number of thioether (sulfide) groups is 1. The second-order valence-corrected chi connectivity index (χ2v) is 8.29. The molecule has 2 heterocycles. The van der Waals surface area contributed by atoms with Crippen LogP contribution < -0.4 is 25.4 Å². The summed E-state index contributed by atoms with van der Waals surface area (Å²) in [6.45, 7) is 0.823. The van der Waals surface area contributed by atoms with Crippen molar-refractivity contribution in [2.75, 3.05) is 24.1 Å². The minimum absolute atomic E-state index is 0.156. The van der Waals surface area contributed by atoms with Gasteiger partial charge in [-0.15, -0.1) is 0 Å². The maximum atomic E-state index is 12.9. The number of carbonyl (C=O) groups is 2. The molecule has 0 saturated carbocycles. The van der Waals surface area contributed by atoms with Gasteiger partial charge in [-0.3, -0.25) is 9.59 Å². The first-order valence-electron chi connectivity index (χ1n) is 9.94. The third-order valence-corrected chi connectivity index (χ3v) is 5.93. The smallest absolute Gasteiger partial charge is 0.246 e. The molecule has 4 rings (SSSR count). The van der Waals surface area contributed by atoms with Crippen molar-refractivity contribution in [2.45, 2.75) is 31.5 Å². The summed E-state index contributed by atoms with van der Waals surface area (Å²) < 4.78 is 10.7. The van der Waals surface area contributed by atoms with Gasteiger partial charge < -0.3 is 25.4 Å². The van der Waals surface area contributed by atoms with Crippen LogP contribution in [0.1, 0.15) is 17.5 Å². The predicted molar refractivity (Wildman–Crippen MR) is 117 cm³/mol. The molecule has 0 aromatic heterocycles. The highest BCUT2D eigenvalue weighted by Gasteiger charge is 2.28. The lowest BCUT2D eigenvalue weighted by atomic mass is 9.95. The topological polar surface area (TPSA) is 88.7 Å². The van der Waals surface area contributed by atoms with E-state index in [0.717, 1.165) is 5.75 Å². The van der Waals surface area contributed by atoms with Crippen LogP contribution in [0.4, 0.5) is 5.69 Å². The van der Waals surface area contributed by atoms with Crippen LogP contribution in [0.15, 0.2) is 42.5 Å². The molecule has 2 aromatic rings. The molecule has 2 aliphatic heterocycles. The molecule has 2 atom stereocenters. The van der Waals surface area contributed by atoms with Crippen LogP contribution in [0.2, 0.25) is 0 Å². The van der Waals surface area contributed by atoms with Crippen LogP contribution in [-0.2, 0) is 22.6 Å². The van der Waals surface area contributed by atoms with Crippen molar-refractivity contribution in [3.05, 3.63) is 53.6 Å². The van der Waals surface area contributed by atoms with E-state index in [2.05, 4.69) is 22.0 Å². The summed E-state index contributed by atoms with van der Waals surface area (Å²) in [4.78, 5) is 25.8. The summed E-state index contributed by atoms with van der Waals surface area (Å²) in [5.41, 5.74) is 2.99. The quantitative estimate of drug-likeness (QED) is 0.629. The summed E-state index contributed by atoms with van der Waals surface area (Å²) in [7, 11) is 0. The van der Waals surface area contributed by atoms with Crippen molar-refractivity contribution >= 4 is 29.3 Å². The number of fused-ring (bicyclic) bond motifs is 2. The third-order valence-electron chi connectivity index (χ3n) is 5.28. The van der Waals surface area contributed by atoms with Crippen LogP contribution in [0.5, 0.6) is 11.5 Å². The van der Waals surface area contributed by atoms with Crippen LogP contribution >= 0.6 is 11.8 Å². The van der Waals surface area contributed by atoms with Crippen molar-refractivity contribution < 1.29 is 19.1 Å². The first kappa shape index (κ1) is 20.6. The zero-order valence-electron chi connectivity index (χ0n) is 16.8. The second-order valence-electron chi connectivity index (χ2n) is 7.31. The molecule has 0 radical (unpaired) electrons. The standard InChI is InChI=1S/C22H25N3O4S/c1-30-9-8-17(21(26)24-16-6-7-19-20(11-16)29-13-28-19)25-22(27)18-10-14-4-2-3-5-15(14)12-23-18/h2-7,11,17-18,23H,8-10,12-13H2,1H3,(H,24,26)(H,25,27). The molecule has 0 bridgehead atoms. The third kappa shape index (κ3) is 4.71. The molecule has 0 saturated heterocycles. The van der Waals surface area contributed by atoms with E-state index in [4.69, 9.17) is 9.47 Å². The van der Waals surface area contributed by atoms with Gasteiger partial charge in [0.2, 0.25) is 18.6 Å². The van der Waals surface area contributed by atoms with Gasteiger partial charge in [-0.2, -0.15) is 11.8 Å². The van der Waals surface area contributed by atoms with E-state index in [1.54, 1.807) is 30.0 Å². The molecule has 2 aromatic carbocycles. The van der Waals surface area contributed by atoms with Crippen LogP contribution in [0, 0.1) is 0 Å². The first-order chi connectivity index (χ1) is 14.6. The Labute approximate surface area is 179 Å². The molecule has 0 aliphatic carbocycles. The Balaban J connectivity index is 1.40. The van der Waals surface area contributed by atoms with E-state index in [0.29, 0.717) is 36.6 Å². The fourth-order valence-corrected chi connectivity index (χ4v) is 4.09. The van der Waals surface area contributed by atoms with E-state index in [9.17, 15) is 9.59 Å². The fourth-order valence-electron chi connectivity index (χ4n) is 3.62. The molecular weight excluding hydrogens is 402 g/mol. The molecule has 158 valence electrons. The van der Waals surface area contributed by atoms with Gasteiger partial charge in [0, 0.05) is 18.3 Å². The number of amides is 2. The van der Waals surface area contributed by atoms with Gasteiger partial charge >= 0.3 is 0 Å². The normalized spacial score (nSPS) is 17.7. The maximum Gasteiger partial charge on any atom is 0.246 e. The number of hydrogen-bond acceptors (Lipinski definition) is 6. The minimum Gasteiger partial charge on any atom is -0.454 e. The average Bonchev–Trinajstić information content (AvgIpc) is 3.24. The Morgan fingerprint density at radius 1 is 1.17 bits per heavy atom. The van der Waals surface area contributed by atoms with E-state index in [1.807, 2.05) is 24.5 Å². The number of rotatable bonds is 7. The van der Waals surface area contributed by atoms with Crippen molar-refractivity contribution in [3.63, 3.8) is 0 Å². The molecule has 2 aliphatic rings. The van der Waals surface area contributed by atoms with Gasteiger partial charge in [-0.05, 0) is 48.1 Å². The van der Waals surface area contributed by atoms with Gasteiger partial charge in [0.05, 0.1) is 6.04 Å². The summed E-state index contributed by atoms with van der Waals surface area (Å²) in [5.74, 6) is 1.62. The Kier molecular flexibility index (Phi) is 6.44. The Bertz CT molecular complexity index is 936. The molecule has 2 amide bonds. The first-order valence-corrected chi connectivity index (χ1v) is 11.3. The lowest BCUT2D eigenvalue weighted by Crippen LogP contribution is -2.53. The number of anilines is 1. The molecule has 8 heteroatoms. The number of benzene rings is 2. The highest BCUT2D eigenvalue weighted by molar-refractivity contribution is 7.98. The number of carbonyl (C=O) groups excluding carboxylic acids is 2. The van der Waals surface area contributed by atoms with Crippen molar-refractivity contribution in [2.24, 2.45) is 0 Å². The predicted octanol–water partition coefficient (Wildman–Crippen LogP) is 2.31. The molecule has 0 spiro atoms.